The predicted octanol–water partition coefficient (Wildman–Crippen LogP) is 2.07. The molecule has 0 unspecified atom stereocenters. The van der Waals surface area contributed by atoms with E-state index in [9.17, 15) is 4.79 Å². The monoisotopic (exact) mass is 366 g/mol. The summed E-state index contributed by atoms with van der Waals surface area (Å²) >= 11 is 0. The van der Waals surface area contributed by atoms with Crippen LogP contribution in [0.1, 0.15) is 23.6 Å². The summed E-state index contributed by atoms with van der Waals surface area (Å²) in [5, 5.41) is 3.39. The molecule has 27 heavy (non-hydrogen) atoms. The summed E-state index contributed by atoms with van der Waals surface area (Å²) in [7, 11) is 0. The van der Waals surface area contributed by atoms with Gasteiger partial charge in [-0.15, -0.1) is 0 Å². The Hall–Kier alpha value is -3.02. The van der Waals surface area contributed by atoms with Crippen LogP contribution in [0, 0.1) is 0 Å². The first-order valence-corrected chi connectivity index (χ1v) is 9.26. The number of nitrogens with one attached hydrogen (secondary N) is 1. The number of hydrogen-bond acceptors (Lipinski definition) is 3. The van der Waals surface area contributed by atoms with Gasteiger partial charge in [0.05, 0.1) is 6.54 Å². The molecule has 3 rings (SSSR count). The van der Waals surface area contributed by atoms with Gasteiger partial charge >= 0.3 is 0 Å². The van der Waals surface area contributed by atoms with E-state index in [4.69, 9.17) is 15.5 Å². The summed E-state index contributed by atoms with van der Waals surface area (Å²) in [6.45, 7) is 5.12. The highest BCUT2D eigenvalue weighted by Gasteiger charge is 2.18. The van der Waals surface area contributed by atoms with Crippen molar-refractivity contribution in [2.45, 2.75) is 26.4 Å². The Morgan fingerprint density at radius 1 is 1.22 bits per heavy atom. The molecule has 2 aromatic rings. The quantitative estimate of drug-likeness (QED) is 0.606. The largest absolute Gasteiger partial charge is 0.484 e. The Labute approximate surface area is 160 Å². The van der Waals surface area contributed by atoms with Crippen LogP contribution >= 0.6 is 0 Å². The Morgan fingerprint density at radius 3 is 2.81 bits per heavy atom. The van der Waals surface area contributed by atoms with E-state index in [1.165, 1.54) is 11.1 Å². The molecule has 0 fully saturated rings. The molecule has 2 aromatic carbocycles. The highest BCUT2D eigenvalue weighted by Crippen LogP contribution is 2.19. The zero-order valence-electron chi connectivity index (χ0n) is 15.6. The Kier molecular flexibility index (Phi) is 6.30. The van der Waals surface area contributed by atoms with Crippen LogP contribution in [0.25, 0.3) is 0 Å². The number of benzene rings is 2. The molecule has 1 aliphatic rings. The predicted molar refractivity (Wildman–Crippen MR) is 107 cm³/mol. The number of ether oxygens (including phenoxy) is 1. The van der Waals surface area contributed by atoms with E-state index < -0.39 is 5.91 Å². The van der Waals surface area contributed by atoms with Crippen LogP contribution in [-0.2, 0) is 24.3 Å². The maximum absolute atomic E-state index is 10.9. The number of rotatable bonds is 6. The van der Waals surface area contributed by atoms with Gasteiger partial charge in [-0.25, -0.2) is 4.99 Å². The lowest BCUT2D eigenvalue weighted by Gasteiger charge is -2.31. The van der Waals surface area contributed by atoms with Crippen LogP contribution in [0.5, 0.6) is 5.75 Å². The Balaban J connectivity index is 1.69. The van der Waals surface area contributed by atoms with Crippen LogP contribution < -0.4 is 15.8 Å². The summed E-state index contributed by atoms with van der Waals surface area (Å²) in [5.74, 6) is 1.05. The molecule has 3 N–H and O–H groups in total. The van der Waals surface area contributed by atoms with E-state index in [-0.39, 0.29) is 6.61 Å². The Bertz CT molecular complexity index is 819. The van der Waals surface area contributed by atoms with Gasteiger partial charge in [0.2, 0.25) is 0 Å². The van der Waals surface area contributed by atoms with E-state index in [0.29, 0.717) is 12.3 Å². The molecule has 142 valence electrons. The number of primary amides is 1. The van der Waals surface area contributed by atoms with Crippen molar-refractivity contribution in [3.8, 4) is 5.75 Å². The topological polar surface area (TPSA) is 80.0 Å². The molecule has 1 heterocycles. The third kappa shape index (κ3) is 5.23. The lowest BCUT2D eigenvalue weighted by Crippen LogP contribution is -2.44. The average Bonchev–Trinajstić information content (AvgIpc) is 2.69. The van der Waals surface area contributed by atoms with Crippen molar-refractivity contribution in [2.75, 3.05) is 19.7 Å². The van der Waals surface area contributed by atoms with Crippen molar-refractivity contribution in [1.82, 2.24) is 10.2 Å². The highest BCUT2D eigenvalue weighted by molar-refractivity contribution is 5.80. The number of amides is 1. The average molecular weight is 366 g/mol. The van der Waals surface area contributed by atoms with Crippen LogP contribution in [0.4, 0.5) is 0 Å². The second-order valence-electron chi connectivity index (χ2n) is 6.51. The van der Waals surface area contributed by atoms with Gasteiger partial charge in [0, 0.05) is 19.6 Å². The minimum absolute atomic E-state index is 0.122. The van der Waals surface area contributed by atoms with E-state index in [1.807, 2.05) is 24.3 Å². The maximum atomic E-state index is 10.9. The molecular formula is C21H26N4O2. The molecule has 1 amide bonds. The standard InChI is InChI=1S/C21H26N4O2/c1-2-23-21(25-11-10-17-7-3-4-8-18(17)14-25)24-13-16-6-5-9-19(12-16)27-15-20(22)26/h3-9,12H,2,10-11,13-15H2,1H3,(H2,22,26)(H,23,24). The molecule has 0 radical (unpaired) electrons. The fourth-order valence-electron chi connectivity index (χ4n) is 3.16. The molecule has 0 spiro atoms. The SMILES string of the molecule is CCNC(=NCc1cccc(OCC(N)=O)c1)N1CCc2ccccc2C1. The number of fused-ring (bicyclic) bond motifs is 1. The molecule has 0 aromatic heterocycles. The number of carbonyl (C=O) groups is 1. The number of guanidine groups is 1. The minimum Gasteiger partial charge on any atom is -0.484 e. The first kappa shape index (κ1) is 18.8. The van der Waals surface area contributed by atoms with E-state index in [1.54, 1.807) is 0 Å². The first-order valence-electron chi connectivity index (χ1n) is 9.26. The zero-order valence-corrected chi connectivity index (χ0v) is 15.6. The number of hydrogen-bond donors (Lipinski definition) is 2. The van der Waals surface area contributed by atoms with Gasteiger partial charge in [0.1, 0.15) is 5.75 Å². The van der Waals surface area contributed by atoms with Crippen LogP contribution in [0.2, 0.25) is 0 Å². The molecule has 0 saturated carbocycles. The highest BCUT2D eigenvalue weighted by atomic mass is 16.5. The number of nitrogens with zero attached hydrogens (tertiary/aromatic N) is 2. The lowest BCUT2D eigenvalue weighted by molar-refractivity contribution is -0.119. The molecule has 0 bridgehead atoms. The molecule has 6 nitrogen and oxygen atoms in total. The molecule has 0 saturated heterocycles. The van der Waals surface area contributed by atoms with Crippen molar-refractivity contribution >= 4 is 11.9 Å². The fourth-order valence-corrected chi connectivity index (χ4v) is 3.16. The van der Waals surface area contributed by atoms with Gasteiger partial charge in [-0.2, -0.15) is 0 Å². The van der Waals surface area contributed by atoms with Crippen LogP contribution in [-0.4, -0.2) is 36.5 Å². The van der Waals surface area contributed by atoms with Gasteiger partial charge in [-0.3, -0.25) is 4.79 Å². The Morgan fingerprint density at radius 2 is 2.04 bits per heavy atom. The summed E-state index contributed by atoms with van der Waals surface area (Å²) in [6.07, 6.45) is 1.02. The molecule has 1 aliphatic heterocycles. The van der Waals surface area contributed by atoms with Gasteiger partial charge in [0.15, 0.2) is 12.6 Å². The zero-order chi connectivity index (χ0) is 19.1. The summed E-state index contributed by atoms with van der Waals surface area (Å²) in [5.41, 5.74) is 8.92. The number of aliphatic imine (C=N–C) groups is 1. The molecule has 0 aliphatic carbocycles. The summed E-state index contributed by atoms with van der Waals surface area (Å²) < 4.78 is 5.37. The third-order valence-electron chi connectivity index (χ3n) is 4.46. The van der Waals surface area contributed by atoms with Crippen molar-refractivity contribution in [2.24, 2.45) is 10.7 Å². The fraction of sp³-hybridized carbons (Fsp3) is 0.333. The normalized spacial score (nSPS) is 13.8. The second-order valence-corrected chi connectivity index (χ2v) is 6.51. The minimum atomic E-state index is -0.488. The van der Waals surface area contributed by atoms with Gasteiger partial charge in [-0.05, 0) is 42.2 Å². The number of carbonyl (C=O) groups excluding carboxylic acids is 1. The summed E-state index contributed by atoms with van der Waals surface area (Å²) in [6, 6.07) is 16.2. The van der Waals surface area contributed by atoms with Gasteiger partial charge < -0.3 is 20.7 Å². The smallest absolute Gasteiger partial charge is 0.255 e. The first-order chi connectivity index (χ1) is 13.2. The third-order valence-corrected chi connectivity index (χ3v) is 4.46. The number of nitrogens with two attached hydrogens (primary N) is 1. The van der Waals surface area contributed by atoms with Crippen LogP contribution in [0.3, 0.4) is 0 Å². The van der Waals surface area contributed by atoms with Crippen molar-refractivity contribution in [1.29, 1.82) is 0 Å². The van der Waals surface area contributed by atoms with E-state index in [0.717, 1.165) is 37.6 Å². The van der Waals surface area contributed by atoms with Crippen molar-refractivity contribution < 1.29 is 9.53 Å². The van der Waals surface area contributed by atoms with Crippen molar-refractivity contribution in [3.05, 3.63) is 65.2 Å². The van der Waals surface area contributed by atoms with Gasteiger partial charge in [-0.1, -0.05) is 36.4 Å². The van der Waals surface area contributed by atoms with Gasteiger partial charge in [0.25, 0.3) is 5.91 Å². The molecule has 6 heteroatoms. The molecular weight excluding hydrogens is 340 g/mol. The lowest BCUT2D eigenvalue weighted by atomic mass is 10.0. The maximum Gasteiger partial charge on any atom is 0.255 e. The molecule has 0 atom stereocenters. The van der Waals surface area contributed by atoms with Crippen LogP contribution in [0.15, 0.2) is 53.5 Å². The summed E-state index contributed by atoms with van der Waals surface area (Å²) in [4.78, 5) is 18.0. The van der Waals surface area contributed by atoms with E-state index in [2.05, 4.69) is 41.4 Å². The van der Waals surface area contributed by atoms with Crippen molar-refractivity contribution in [3.63, 3.8) is 0 Å². The van der Waals surface area contributed by atoms with E-state index >= 15 is 0 Å². The second kappa shape index (κ2) is 9.07.